The number of hydrogen-bond acceptors (Lipinski definition) is 3. The summed E-state index contributed by atoms with van der Waals surface area (Å²) in [4.78, 5) is 37.6. The summed E-state index contributed by atoms with van der Waals surface area (Å²) in [6.07, 6.45) is 5.80. The lowest BCUT2D eigenvalue weighted by Gasteiger charge is -2.20. The fourth-order valence-corrected chi connectivity index (χ4v) is 3.30. The predicted molar refractivity (Wildman–Crippen MR) is 87.4 cm³/mol. The Balaban J connectivity index is 1.63. The van der Waals surface area contributed by atoms with Crippen molar-refractivity contribution in [2.24, 2.45) is 0 Å². The van der Waals surface area contributed by atoms with Crippen molar-refractivity contribution < 1.29 is 14.4 Å². The molecule has 2 aliphatic rings. The van der Waals surface area contributed by atoms with Gasteiger partial charge in [0.1, 0.15) is 0 Å². The summed E-state index contributed by atoms with van der Waals surface area (Å²) in [7, 11) is 0. The molecular weight excluding hydrogens is 292 g/mol. The summed E-state index contributed by atoms with van der Waals surface area (Å²) < 4.78 is 0. The highest BCUT2D eigenvalue weighted by molar-refractivity contribution is 6.00. The average molecular weight is 314 g/mol. The van der Waals surface area contributed by atoms with Crippen molar-refractivity contribution in [3.05, 3.63) is 29.3 Å². The molecule has 0 radical (unpaired) electrons. The number of Topliss-reactive ketones (excluding diaryl/α,β-unsaturated/α-hetero) is 1. The molecule has 1 aliphatic carbocycles. The molecule has 0 atom stereocenters. The Kier molecular flexibility index (Phi) is 4.74. The molecular formula is C18H22N2O3. The van der Waals surface area contributed by atoms with Crippen LogP contribution in [0.5, 0.6) is 0 Å². The zero-order valence-electron chi connectivity index (χ0n) is 13.3. The Morgan fingerprint density at radius 3 is 2.78 bits per heavy atom. The van der Waals surface area contributed by atoms with E-state index < -0.39 is 0 Å². The average Bonchev–Trinajstić information content (AvgIpc) is 2.72. The Bertz CT molecular complexity index is 639. The third-order valence-electron chi connectivity index (χ3n) is 4.55. The van der Waals surface area contributed by atoms with E-state index in [4.69, 9.17) is 0 Å². The zero-order valence-corrected chi connectivity index (χ0v) is 13.3. The minimum atomic E-state index is -0.178. The van der Waals surface area contributed by atoms with E-state index in [1.165, 1.54) is 0 Å². The van der Waals surface area contributed by atoms with E-state index in [2.05, 4.69) is 5.32 Å². The van der Waals surface area contributed by atoms with Gasteiger partial charge in [-0.05, 0) is 49.4 Å². The fraction of sp³-hybridized carbons (Fsp3) is 0.500. The van der Waals surface area contributed by atoms with E-state index >= 15 is 0 Å². The van der Waals surface area contributed by atoms with Crippen LogP contribution in [-0.4, -0.2) is 35.6 Å². The highest BCUT2D eigenvalue weighted by atomic mass is 16.2. The van der Waals surface area contributed by atoms with Gasteiger partial charge in [0.2, 0.25) is 11.8 Å². The molecule has 23 heavy (non-hydrogen) atoms. The maximum atomic E-state index is 12.2. The van der Waals surface area contributed by atoms with Gasteiger partial charge in [0, 0.05) is 30.6 Å². The number of aryl methyl sites for hydroxylation is 1. The minimum absolute atomic E-state index is 0.0636. The molecule has 2 amide bonds. The van der Waals surface area contributed by atoms with E-state index in [1.54, 1.807) is 17.0 Å². The number of ketones is 1. The summed E-state index contributed by atoms with van der Waals surface area (Å²) in [5.74, 6) is 0.0651. The van der Waals surface area contributed by atoms with E-state index in [0.717, 1.165) is 43.2 Å². The van der Waals surface area contributed by atoms with E-state index in [9.17, 15) is 14.4 Å². The number of rotatable bonds is 3. The number of benzene rings is 1. The van der Waals surface area contributed by atoms with Crippen LogP contribution in [-0.2, 0) is 16.0 Å². The van der Waals surface area contributed by atoms with Gasteiger partial charge in [0.05, 0.1) is 6.54 Å². The lowest BCUT2D eigenvalue weighted by molar-refractivity contribution is -0.134. The molecule has 1 aromatic rings. The quantitative estimate of drug-likeness (QED) is 0.932. The molecule has 3 rings (SSSR count). The molecule has 1 N–H and O–H groups in total. The largest absolute Gasteiger partial charge is 0.333 e. The topological polar surface area (TPSA) is 66.5 Å². The summed E-state index contributed by atoms with van der Waals surface area (Å²) in [5, 5.41) is 2.85. The molecule has 0 unspecified atom stereocenters. The number of carbonyl (C=O) groups excluding carboxylic acids is 3. The van der Waals surface area contributed by atoms with Crippen molar-refractivity contribution in [3.8, 4) is 0 Å². The first-order chi connectivity index (χ1) is 11.1. The second-order valence-corrected chi connectivity index (χ2v) is 6.32. The Morgan fingerprint density at radius 2 is 1.91 bits per heavy atom. The van der Waals surface area contributed by atoms with E-state index in [0.29, 0.717) is 25.1 Å². The smallest absolute Gasteiger partial charge is 0.243 e. The monoisotopic (exact) mass is 314 g/mol. The highest BCUT2D eigenvalue weighted by Crippen LogP contribution is 2.24. The third kappa shape index (κ3) is 3.78. The molecule has 0 spiro atoms. The number of anilines is 1. The van der Waals surface area contributed by atoms with Crippen molar-refractivity contribution in [1.29, 1.82) is 0 Å². The number of likely N-dealkylation sites (tertiary alicyclic amines) is 1. The van der Waals surface area contributed by atoms with Crippen molar-refractivity contribution in [2.75, 3.05) is 18.4 Å². The second-order valence-electron chi connectivity index (χ2n) is 6.32. The van der Waals surface area contributed by atoms with Crippen molar-refractivity contribution in [1.82, 2.24) is 4.90 Å². The molecule has 1 fully saturated rings. The minimum Gasteiger partial charge on any atom is -0.333 e. The molecule has 1 aliphatic heterocycles. The van der Waals surface area contributed by atoms with Crippen molar-refractivity contribution in [3.63, 3.8) is 0 Å². The van der Waals surface area contributed by atoms with Gasteiger partial charge in [0.25, 0.3) is 0 Å². The third-order valence-corrected chi connectivity index (χ3v) is 4.55. The van der Waals surface area contributed by atoms with Crippen LogP contribution in [0.25, 0.3) is 0 Å². The van der Waals surface area contributed by atoms with Gasteiger partial charge in [-0.25, -0.2) is 0 Å². The molecule has 0 saturated carbocycles. The second kappa shape index (κ2) is 6.94. The molecule has 1 aromatic carbocycles. The molecule has 1 saturated heterocycles. The molecule has 5 heteroatoms. The van der Waals surface area contributed by atoms with Crippen LogP contribution in [0.2, 0.25) is 0 Å². The molecule has 1 heterocycles. The lowest BCUT2D eigenvalue weighted by Crippen LogP contribution is -2.37. The Labute approximate surface area is 136 Å². The van der Waals surface area contributed by atoms with Gasteiger partial charge in [-0.2, -0.15) is 0 Å². The summed E-state index contributed by atoms with van der Waals surface area (Å²) in [6.45, 7) is 0.764. The highest BCUT2D eigenvalue weighted by Gasteiger charge is 2.20. The molecule has 5 nitrogen and oxygen atoms in total. The molecule has 122 valence electrons. The number of nitrogens with zero attached hydrogens (tertiary/aromatic N) is 1. The number of hydrogen-bond donors (Lipinski definition) is 1. The number of fused-ring (bicyclic) bond motifs is 1. The SMILES string of the molecule is O=C(CN1CCCCCC1=O)Nc1ccc2c(c1)CCCC2=O. The van der Waals surface area contributed by atoms with E-state index in [1.807, 2.05) is 6.07 Å². The zero-order chi connectivity index (χ0) is 16.2. The lowest BCUT2D eigenvalue weighted by atomic mass is 9.90. The normalized spacial score (nSPS) is 18.3. The first-order valence-corrected chi connectivity index (χ1v) is 8.37. The van der Waals surface area contributed by atoms with Crippen LogP contribution < -0.4 is 5.32 Å². The van der Waals surface area contributed by atoms with Crippen LogP contribution in [0.1, 0.15) is 54.4 Å². The molecule has 0 aromatic heterocycles. The van der Waals surface area contributed by atoms with Gasteiger partial charge < -0.3 is 10.2 Å². The van der Waals surface area contributed by atoms with Crippen LogP contribution >= 0.6 is 0 Å². The van der Waals surface area contributed by atoms with Gasteiger partial charge in [-0.15, -0.1) is 0 Å². The number of amides is 2. The summed E-state index contributed by atoms with van der Waals surface area (Å²) in [5.41, 5.74) is 2.48. The van der Waals surface area contributed by atoms with Crippen molar-refractivity contribution in [2.45, 2.75) is 44.9 Å². The first kappa shape index (κ1) is 15.7. The van der Waals surface area contributed by atoms with Crippen LogP contribution in [0.3, 0.4) is 0 Å². The summed E-state index contributed by atoms with van der Waals surface area (Å²) in [6, 6.07) is 5.45. The Morgan fingerprint density at radius 1 is 1.04 bits per heavy atom. The number of nitrogens with one attached hydrogen (secondary N) is 1. The van der Waals surface area contributed by atoms with Crippen LogP contribution in [0, 0.1) is 0 Å². The first-order valence-electron chi connectivity index (χ1n) is 8.37. The number of carbonyl (C=O) groups is 3. The van der Waals surface area contributed by atoms with Gasteiger partial charge >= 0.3 is 0 Å². The summed E-state index contributed by atoms with van der Waals surface area (Å²) >= 11 is 0. The van der Waals surface area contributed by atoms with Gasteiger partial charge in [-0.3, -0.25) is 14.4 Å². The van der Waals surface area contributed by atoms with Crippen LogP contribution in [0.4, 0.5) is 5.69 Å². The Hall–Kier alpha value is -2.17. The standard InChI is InChI=1S/C18H22N2O3/c21-16-6-4-5-13-11-14(8-9-15(13)16)19-17(22)12-20-10-3-1-2-7-18(20)23/h8-9,11H,1-7,10,12H2,(H,19,22). The van der Waals surface area contributed by atoms with Gasteiger partial charge in [-0.1, -0.05) is 6.42 Å². The van der Waals surface area contributed by atoms with E-state index in [-0.39, 0.29) is 24.1 Å². The molecule has 0 bridgehead atoms. The maximum Gasteiger partial charge on any atom is 0.243 e. The van der Waals surface area contributed by atoms with Gasteiger partial charge in [0.15, 0.2) is 5.78 Å². The predicted octanol–water partition coefficient (Wildman–Crippen LogP) is 2.55. The van der Waals surface area contributed by atoms with Crippen molar-refractivity contribution >= 4 is 23.3 Å². The maximum absolute atomic E-state index is 12.2. The fourth-order valence-electron chi connectivity index (χ4n) is 3.30. The van der Waals surface area contributed by atoms with Crippen LogP contribution in [0.15, 0.2) is 18.2 Å².